The van der Waals surface area contributed by atoms with Gasteiger partial charge in [-0.1, -0.05) is 30.7 Å². The van der Waals surface area contributed by atoms with E-state index in [0.29, 0.717) is 18.0 Å². The van der Waals surface area contributed by atoms with E-state index in [1.165, 1.54) is 0 Å². The van der Waals surface area contributed by atoms with Gasteiger partial charge in [0, 0.05) is 11.6 Å². The molecule has 0 heterocycles. The largest absolute Gasteiger partial charge is 0.480 e. The molecule has 0 saturated heterocycles. The molecule has 0 radical (unpaired) electrons. The molecule has 0 aliphatic heterocycles. The smallest absolute Gasteiger partial charge is 0.320 e. The number of benzene rings is 1. The lowest BCUT2D eigenvalue weighted by Crippen LogP contribution is -2.35. The van der Waals surface area contributed by atoms with Gasteiger partial charge in [0.15, 0.2) is 0 Å². The highest BCUT2D eigenvalue weighted by molar-refractivity contribution is 6.30. The fraction of sp³-hybridized carbons (Fsp3) is 0.364. The van der Waals surface area contributed by atoms with E-state index in [9.17, 15) is 4.79 Å². The number of carboxylic acids is 1. The molecule has 0 spiro atoms. The van der Waals surface area contributed by atoms with E-state index in [2.05, 4.69) is 5.32 Å². The molecule has 0 amide bonds. The fourth-order valence-electron chi connectivity index (χ4n) is 1.29. The molecule has 4 heteroatoms. The first-order valence-electron chi connectivity index (χ1n) is 4.84. The van der Waals surface area contributed by atoms with Crippen molar-refractivity contribution >= 4 is 17.6 Å². The maximum Gasteiger partial charge on any atom is 0.320 e. The Morgan fingerprint density at radius 3 is 2.87 bits per heavy atom. The summed E-state index contributed by atoms with van der Waals surface area (Å²) in [4.78, 5) is 10.7. The molecule has 0 fully saturated rings. The first kappa shape index (κ1) is 12.0. The Bertz CT molecular complexity index is 341. The van der Waals surface area contributed by atoms with E-state index >= 15 is 0 Å². The van der Waals surface area contributed by atoms with Crippen LogP contribution < -0.4 is 5.32 Å². The van der Waals surface area contributed by atoms with Crippen LogP contribution in [0.5, 0.6) is 0 Å². The number of nitrogens with one attached hydrogen (secondary N) is 1. The summed E-state index contributed by atoms with van der Waals surface area (Å²) in [6, 6.07) is 6.88. The SMILES string of the molecule is CCC(NCc1cccc(Cl)c1)C(=O)O. The highest BCUT2D eigenvalue weighted by Gasteiger charge is 2.13. The average molecular weight is 228 g/mol. The van der Waals surface area contributed by atoms with E-state index in [-0.39, 0.29) is 0 Å². The van der Waals surface area contributed by atoms with Crippen LogP contribution in [0.2, 0.25) is 5.02 Å². The van der Waals surface area contributed by atoms with Gasteiger partial charge in [0.2, 0.25) is 0 Å². The van der Waals surface area contributed by atoms with Gasteiger partial charge in [-0.2, -0.15) is 0 Å². The van der Waals surface area contributed by atoms with Gasteiger partial charge >= 0.3 is 5.97 Å². The van der Waals surface area contributed by atoms with Crippen LogP contribution in [-0.2, 0) is 11.3 Å². The summed E-state index contributed by atoms with van der Waals surface area (Å²) < 4.78 is 0. The van der Waals surface area contributed by atoms with Gasteiger partial charge in [0.05, 0.1) is 0 Å². The zero-order valence-corrected chi connectivity index (χ0v) is 9.29. The number of hydrogen-bond donors (Lipinski definition) is 2. The molecule has 0 bridgehead atoms. The summed E-state index contributed by atoms with van der Waals surface area (Å²) in [5.74, 6) is -0.820. The van der Waals surface area contributed by atoms with Crippen LogP contribution in [0.1, 0.15) is 18.9 Å². The second-order valence-corrected chi connectivity index (χ2v) is 3.75. The van der Waals surface area contributed by atoms with E-state index < -0.39 is 12.0 Å². The molecule has 1 rings (SSSR count). The zero-order chi connectivity index (χ0) is 11.3. The summed E-state index contributed by atoms with van der Waals surface area (Å²) in [6.07, 6.45) is 0.565. The lowest BCUT2D eigenvalue weighted by atomic mass is 10.2. The van der Waals surface area contributed by atoms with Crippen LogP contribution in [-0.4, -0.2) is 17.1 Å². The van der Waals surface area contributed by atoms with Crippen molar-refractivity contribution < 1.29 is 9.90 Å². The molecule has 1 aromatic carbocycles. The minimum atomic E-state index is -0.820. The molecule has 0 aliphatic carbocycles. The Morgan fingerprint density at radius 2 is 2.33 bits per heavy atom. The third kappa shape index (κ3) is 3.90. The Morgan fingerprint density at radius 1 is 1.60 bits per heavy atom. The number of aliphatic carboxylic acids is 1. The van der Waals surface area contributed by atoms with Crippen molar-refractivity contribution in [3.63, 3.8) is 0 Å². The summed E-state index contributed by atoms with van der Waals surface area (Å²) in [5.41, 5.74) is 0.988. The first-order chi connectivity index (χ1) is 7.13. The van der Waals surface area contributed by atoms with Crippen molar-refractivity contribution in [2.45, 2.75) is 25.9 Å². The molecule has 82 valence electrons. The van der Waals surface area contributed by atoms with Crippen molar-refractivity contribution in [2.24, 2.45) is 0 Å². The van der Waals surface area contributed by atoms with Crippen LogP contribution in [0.25, 0.3) is 0 Å². The molecule has 2 N–H and O–H groups in total. The molecule has 0 aliphatic rings. The highest BCUT2D eigenvalue weighted by atomic mass is 35.5. The molecule has 3 nitrogen and oxygen atoms in total. The molecule has 1 atom stereocenters. The second kappa shape index (κ2) is 5.73. The van der Waals surface area contributed by atoms with Crippen LogP contribution in [0.3, 0.4) is 0 Å². The average Bonchev–Trinajstić information content (AvgIpc) is 2.18. The Hall–Kier alpha value is -1.06. The standard InChI is InChI=1S/C11H14ClNO2/c1-2-10(11(14)15)13-7-8-4-3-5-9(12)6-8/h3-6,10,13H,2,7H2,1H3,(H,14,15). The van der Waals surface area contributed by atoms with Crippen LogP contribution in [0, 0.1) is 0 Å². The minimum Gasteiger partial charge on any atom is -0.480 e. The zero-order valence-electron chi connectivity index (χ0n) is 8.53. The topological polar surface area (TPSA) is 49.3 Å². The predicted molar refractivity (Wildman–Crippen MR) is 60.0 cm³/mol. The number of hydrogen-bond acceptors (Lipinski definition) is 2. The Labute approximate surface area is 94.1 Å². The Kier molecular flexibility index (Phi) is 4.59. The first-order valence-corrected chi connectivity index (χ1v) is 5.22. The van der Waals surface area contributed by atoms with E-state index in [0.717, 1.165) is 5.56 Å². The van der Waals surface area contributed by atoms with E-state index in [4.69, 9.17) is 16.7 Å². The van der Waals surface area contributed by atoms with Gasteiger partial charge < -0.3 is 10.4 Å². The van der Waals surface area contributed by atoms with Crippen molar-refractivity contribution in [3.8, 4) is 0 Å². The van der Waals surface area contributed by atoms with E-state index in [1.54, 1.807) is 6.07 Å². The van der Waals surface area contributed by atoms with Gasteiger partial charge in [0.1, 0.15) is 6.04 Å². The maximum atomic E-state index is 10.7. The second-order valence-electron chi connectivity index (χ2n) is 3.31. The maximum absolute atomic E-state index is 10.7. The molecular weight excluding hydrogens is 214 g/mol. The lowest BCUT2D eigenvalue weighted by Gasteiger charge is -2.11. The third-order valence-corrected chi connectivity index (χ3v) is 2.38. The lowest BCUT2D eigenvalue weighted by molar-refractivity contribution is -0.139. The predicted octanol–water partition coefficient (Wildman–Crippen LogP) is 2.29. The highest BCUT2D eigenvalue weighted by Crippen LogP contribution is 2.10. The number of carboxylic acid groups (broad SMARTS) is 1. The van der Waals surface area contributed by atoms with Gasteiger partial charge in [-0.3, -0.25) is 4.79 Å². The summed E-state index contributed by atoms with van der Waals surface area (Å²) in [7, 11) is 0. The van der Waals surface area contributed by atoms with Crippen molar-refractivity contribution in [3.05, 3.63) is 34.9 Å². The molecule has 1 aromatic rings. The van der Waals surface area contributed by atoms with Crippen LogP contribution >= 0.6 is 11.6 Å². The number of carbonyl (C=O) groups is 1. The molecule has 15 heavy (non-hydrogen) atoms. The van der Waals surface area contributed by atoms with Crippen molar-refractivity contribution in [1.29, 1.82) is 0 Å². The minimum absolute atomic E-state index is 0.496. The van der Waals surface area contributed by atoms with E-state index in [1.807, 2.05) is 25.1 Å². The van der Waals surface area contributed by atoms with Gasteiger partial charge in [0.25, 0.3) is 0 Å². The van der Waals surface area contributed by atoms with Gasteiger partial charge in [-0.15, -0.1) is 0 Å². The quantitative estimate of drug-likeness (QED) is 0.812. The summed E-state index contributed by atoms with van der Waals surface area (Å²) in [6.45, 7) is 2.36. The Balaban J connectivity index is 2.52. The summed E-state index contributed by atoms with van der Waals surface area (Å²) >= 11 is 5.81. The molecular formula is C11H14ClNO2. The monoisotopic (exact) mass is 227 g/mol. The van der Waals surface area contributed by atoms with Crippen molar-refractivity contribution in [1.82, 2.24) is 5.32 Å². The summed E-state index contributed by atoms with van der Waals surface area (Å²) in [5, 5.41) is 12.4. The number of rotatable bonds is 5. The normalized spacial score (nSPS) is 12.4. The van der Waals surface area contributed by atoms with Gasteiger partial charge in [-0.25, -0.2) is 0 Å². The van der Waals surface area contributed by atoms with Gasteiger partial charge in [-0.05, 0) is 24.1 Å². The number of halogens is 1. The molecule has 1 unspecified atom stereocenters. The van der Waals surface area contributed by atoms with Crippen LogP contribution in [0.15, 0.2) is 24.3 Å². The molecule has 0 aromatic heterocycles. The third-order valence-electron chi connectivity index (χ3n) is 2.15. The fourth-order valence-corrected chi connectivity index (χ4v) is 1.51. The van der Waals surface area contributed by atoms with Crippen LogP contribution in [0.4, 0.5) is 0 Å². The van der Waals surface area contributed by atoms with Crippen molar-refractivity contribution in [2.75, 3.05) is 0 Å². The molecule has 0 saturated carbocycles.